The Labute approximate surface area is 194 Å². The lowest BCUT2D eigenvalue weighted by molar-refractivity contribution is -0.0545. The molecule has 0 amide bonds. The Morgan fingerprint density at radius 1 is 1.12 bits per heavy atom. The third kappa shape index (κ3) is 3.58. The summed E-state index contributed by atoms with van der Waals surface area (Å²) in [5, 5.41) is 3.51. The van der Waals surface area contributed by atoms with Crippen LogP contribution in [-0.4, -0.2) is 17.0 Å². The summed E-state index contributed by atoms with van der Waals surface area (Å²) in [7, 11) is 1.49. The van der Waals surface area contributed by atoms with Crippen molar-refractivity contribution in [1.82, 2.24) is 9.97 Å². The number of likely N-dealkylation sites (N-methyl/N-ethyl adjacent to an activating group) is 1. The number of nitrogens with zero attached hydrogens (tertiary/aromatic N) is 3. The molecule has 0 unspecified atom stereocenters. The number of aryl methyl sites for hydroxylation is 1. The Kier molecular flexibility index (Phi) is 5.57. The molecule has 4 rings (SSSR count). The van der Waals surface area contributed by atoms with E-state index in [1.807, 2.05) is 0 Å². The highest BCUT2D eigenvalue weighted by Gasteiger charge is 2.47. The zero-order valence-corrected chi connectivity index (χ0v) is 19.5. The van der Waals surface area contributed by atoms with Gasteiger partial charge in [-0.3, -0.25) is 0 Å². The van der Waals surface area contributed by atoms with Crippen molar-refractivity contribution in [3.63, 3.8) is 0 Å². The minimum atomic E-state index is -3.34. The standard InChI is InChI=1S/C25H25F5N4/c1-12(2)24(27,28)18-9-7-8-16(22(18)26)13(3)31-23-17-10-21-19(11-20(17)32-15(5)33-23)25(29,30)14(4)34(21)6/h7-13H,4H2,1-3,5-6H3,(H,31,32,33)/t13-/m1/s1. The van der Waals surface area contributed by atoms with Crippen LogP contribution in [0.1, 0.15) is 49.3 Å². The van der Waals surface area contributed by atoms with Crippen molar-refractivity contribution in [3.05, 3.63) is 70.9 Å². The molecule has 0 radical (unpaired) electrons. The fourth-order valence-electron chi connectivity index (χ4n) is 4.17. The maximum atomic E-state index is 15.2. The van der Waals surface area contributed by atoms with Crippen molar-refractivity contribution in [1.29, 1.82) is 0 Å². The van der Waals surface area contributed by atoms with Gasteiger partial charge in [0.05, 0.1) is 34.1 Å². The van der Waals surface area contributed by atoms with E-state index in [0.717, 1.165) is 6.07 Å². The van der Waals surface area contributed by atoms with Crippen LogP contribution >= 0.6 is 0 Å². The Hall–Kier alpha value is -3.23. The van der Waals surface area contributed by atoms with Crippen molar-refractivity contribution < 1.29 is 22.0 Å². The molecule has 0 saturated heterocycles. The first kappa shape index (κ1) is 23.9. The topological polar surface area (TPSA) is 41.0 Å². The van der Waals surface area contributed by atoms with E-state index < -0.39 is 35.2 Å². The summed E-state index contributed by atoms with van der Waals surface area (Å²) in [4.78, 5) is 9.97. The summed E-state index contributed by atoms with van der Waals surface area (Å²) in [6, 6.07) is 5.99. The van der Waals surface area contributed by atoms with E-state index >= 15 is 4.39 Å². The highest BCUT2D eigenvalue weighted by atomic mass is 19.3. The zero-order valence-electron chi connectivity index (χ0n) is 19.5. The summed E-state index contributed by atoms with van der Waals surface area (Å²) in [6.45, 7) is 9.38. The maximum absolute atomic E-state index is 15.2. The van der Waals surface area contributed by atoms with Crippen molar-refractivity contribution in [2.45, 2.75) is 45.6 Å². The van der Waals surface area contributed by atoms with E-state index in [9.17, 15) is 17.6 Å². The normalized spacial score (nSPS) is 16.3. The molecule has 1 aliphatic rings. The molecule has 1 aromatic heterocycles. The monoisotopic (exact) mass is 476 g/mol. The van der Waals surface area contributed by atoms with Crippen molar-refractivity contribution in [3.8, 4) is 0 Å². The van der Waals surface area contributed by atoms with Gasteiger partial charge in [0, 0.05) is 23.9 Å². The van der Waals surface area contributed by atoms with E-state index in [1.54, 1.807) is 13.8 Å². The summed E-state index contributed by atoms with van der Waals surface area (Å²) in [6.07, 6.45) is 0. The molecule has 0 aliphatic carbocycles. The zero-order chi connectivity index (χ0) is 25.2. The van der Waals surface area contributed by atoms with Gasteiger partial charge in [-0.25, -0.2) is 23.1 Å². The highest BCUT2D eigenvalue weighted by molar-refractivity contribution is 5.94. The molecule has 1 atom stereocenters. The van der Waals surface area contributed by atoms with Crippen LogP contribution in [0.15, 0.2) is 42.6 Å². The Bertz CT molecular complexity index is 1300. The molecule has 9 heteroatoms. The maximum Gasteiger partial charge on any atom is 0.314 e. The van der Waals surface area contributed by atoms with Crippen LogP contribution in [0.3, 0.4) is 0 Å². The largest absolute Gasteiger partial charge is 0.363 e. The Morgan fingerprint density at radius 2 is 1.79 bits per heavy atom. The number of hydrogen-bond acceptors (Lipinski definition) is 4. The Morgan fingerprint density at radius 3 is 2.44 bits per heavy atom. The van der Waals surface area contributed by atoms with Gasteiger partial charge in [0.2, 0.25) is 0 Å². The summed E-state index contributed by atoms with van der Waals surface area (Å²) in [5.41, 5.74) is -0.646. The molecule has 0 saturated carbocycles. The molecule has 1 N–H and O–H groups in total. The van der Waals surface area contributed by atoms with Crippen LogP contribution in [0.2, 0.25) is 0 Å². The molecule has 0 fully saturated rings. The molecule has 0 spiro atoms. The highest BCUT2D eigenvalue weighted by Crippen LogP contribution is 2.50. The van der Waals surface area contributed by atoms with Gasteiger partial charge in [0.1, 0.15) is 17.5 Å². The predicted octanol–water partition coefficient (Wildman–Crippen LogP) is 7.05. The number of hydrogen-bond donors (Lipinski definition) is 1. The molecule has 4 nitrogen and oxygen atoms in total. The number of anilines is 2. The fraction of sp³-hybridized carbons (Fsp3) is 0.360. The average molecular weight is 476 g/mol. The van der Waals surface area contributed by atoms with E-state index in [4.69, 9.17) is 0 Å². The molecule has 2 heterocycles. The van der Waals surface area contributed by atoms with Gasteiger partial charge < -0.3 is 10.2 Å². The van der Waals surface area contributed by atoms with Crippen LogP contribution in [0.4, 0.5) is 33.5 Å². The second-order valence-corrected chi connectivity index (χ2v) is 8.94. The fourth-order valence-corrected chi connectivity index (χ4v) is 4.17. The number of aromatic nitrogens is 2. The minimum Gasteiger partial charge on any atom is -0.363 e. The third-order valence-corrected chi connectivity index (χ3v) is 6.32. The van der Waals surface area contributed by atoms with E-state index in [1.165, 1.54) is 50.1 Å². The number of halogens is 5. The molecular formula is C25H25F5N4. The molecule has 0 bridgehead atoms. The van der Waals surface area contributed by atoms with Gasteiger partial charge in [-0.15, -0.1) is 0 Å². The van der Waals surface area contributed by atoms with Crippen LogP contribution in [0.5, 0.6) is 0 Å². The van der Waals surface area contributed by atoms with Gasteiger partial charge >= 0.3 is 5.92 Å². The third-order valence-electron chi connectivity index (χ3n) is 6.32. The molecular weight excluding hydrogens is 451 g/mol. The van der Waals surface area contributed by atoms with Crippen molar-refractivity contribution >= 4 is 22.4 Å². The molecule has 3 aromatic rings. The van der Waals surface area contributed by atoms with Gasteiger partial charge in [-0.2, -0.15) is 8.78 Å². The molecule has 34 heavy (non-hydrogen) atoms. The quantitative estimate of drug-likeness (QED) is 0.401. The summed E-state index contributed by atoms with van der Waals surface area (Å²) in [5.74, 6) is -8.04. The first-order valence-electron chi connectivity index (χ1n) is 10.8. The summed E-state index contributed by atoms with van der Waals surface area (Å²) < 4.78 is 73.7. The van der Waals surface area contributed by atoms with Crippen molar-refractivity contribution in [2.75, 3.05) is 17.3 Å². The van der Waals surface area contributed by atoms with E-state index in [2.05, 4.69) is 21.9 Å². The second kappa shape index (κ2) is 7.92. The lowest BCUT2D eigenvalue weighted by Gasteiger charge is -2.24. The first-order chi connectivity index (χ1) is 15.8. The van der Waals surface area contributed by atoms with Gasteiger partial charge in [0.25, 0.3) is 5.92 Å². The number of benzene rings is 2. The van der Waals surface area contributed by atoms with Gasteiger partial charge in [-0.05, 0) is 26.0 Å². The second-order valence-electron chi connectivity index (χ2n) is 8.94. The van der Waals surface area contributed by atoms with Gasteiger partial charge in [0.15, 0.2) is 0 Å². The number of alkyl halides is 4. The van der Waals surface area contributed by atoms with Crippen LogP contribution in [0, 0.1) is 18.7 Å². The van der Waals surface area contributed by atoms with E-state index in [-0.39, 0.29) is 33.8 Å². The first-order valence-corrected chi connectivity index (χ1v) is 10.8. The lowest BCUT2D eigenvalue weighted by atomic mass is 9.94. The SMILES string of the molecule is C=C1N(C)c2cc3c(N[C@H](C)c4cccc(C(F)(F)C(C)C)c4F)nc(C)nc3cc2C1(F)F. The lowest BCUT2D eigenvalue weighted by Crippen LogP contribution is -2.24. The minimum absolute atomic E-state index is 0.0421. The van der Waals surface area contributed by atoms with Crippen LogP contribution < -0.4 is 10.2 Å². The number of rotatable bonds is 5. The van der Waals surface area contributed by atoms with Crippen LogP contribution in [0.25, 0.3) is 10.9 Å². The molecule has 2 aromatic carbocycles. The molecule has 1 aliphatic heterocycles. The number of allylic oxidation sites excluding steroid dienone is 1. The number of fused-ring (bicyclic) bond motifs is 2. The Balaban J connectivity index is 1.79. The predicted molar refractivity (Wildman–Crippen MR) is 123 cm³/mol. The summed E-state index contributed by atoms with van der Waals surface area (Å²) >= 11 is 0. The van der Waals surface area contributed by atoms with Crippen LogP contribution in [-0.2, 0) is 11.8 Å². The van der Waals surface area contributed by atoms with Crippen molar-refractivity contribution in [2.24, 2.45) is 5.92 Å². The average Bonchev–Trinajstić information content (AvgIpc) is 2.92. The molecule has 180 valence electrons. The number of nitrogens with one attached hydrogen (secondary N) is 1. The van der Waals surface area contributed by atoms with E-state index in [0.29, 0.717) is 11.2 Å². The van der Waals surface area contributed by atoms with Gasteiger partial charge in [-0.1, -0.05) is 38.6 Å². The smallest absolute Gasteiger partial charge is 0.314 e.